The minimum absolute atomic E-state index is 0.156. The van der Waals surface area contributed by atoms with Crippen LogP contribution in [-0.4, -0.2) is 13.1 Å². The topological polar surface area (TPSA) is 26.3 Å². The largest absolute Gasteiger partial charge is 0.469 e. The van der Waals surface area contributed by atoms with Gasteiger partial charge in [0.25, 0.3) is 0 Å². The van der Waals surface area contributed by atoms with E-state index in [2.05, 4.69) is 29.0 Å². The second-order valence-corrected chi connectivity index (χ2v) is 3.37. The van der Waals surface area contributed by atoms with E-state index in [4.69, 9.17) is 0 Å². The second-order valence-electron chi connectivity index (χ2n) is 3.37. The van der Waals surface area contributed by atoms with Crippen LogP contribution in [0.2, 0.25) is 0 Å². The molecule has 1 aliphatic rings. The molecule has 0 amide bonds. The van der Waals surface area contributed by atoms with Gasteiger partial charge >= 0.3 is 5.97 Å². The standard InChI is InChI=1S/C12H12O2/c1-14-12(13)8-10-7-6-9-4-2-3-5-11(9)10/h2-7,10H,8H2,1H3. The Bertz CT molecular complexity index is 380. The SMILES string of the molecule is COC(=O)CC1C=Cc2ccccc21. The van der Waals surface area contributed by atoms with E-state index in [0.717, 1.165) is 0 Å². The predicted octanol–water partition coefficient (Wildman–Crippen LogP) is 2.36. The summed E-state index contributed by atoms with van der Waals surface area (Å²) in [5, 5.41) is 0. The van der Waals surface area contributed by atoms with Crippen molar-refractivity contribution in [1.29, 1.82) is 0 Å². The van der Waals surface area contributed by atoms with Gasteiger partial charge in [0.1, 0.15) is 0 Å². The van der Waals surface area contributed by atoms with Crippen molar-refractivity contribution >= 4 is 12.0 Å². The summed E-state index contributed by atoms with van der Waals surface area (Å²) in [6.07, 6.45) is 4.55. The molecule has 0 heterocycles. The van der Waals surface area contributed by atoms with Gasteiger partial charge in [0, 0.05) is 5.92 Å². The summed E-state index contributed by atoms with van der Waals surface area (Å²) in [7, 11) is 1.42. The van der Waals surface area contributed by atoms with Gasteiger partial charge in [-0.15, -0.1) is 0 Å². The van der Waals surface area contributed by atoms with Gasteiger partial charge in [-0.3, -0.25) is 4.79 Å². The van der Waals surface area contributed by atoms with Crippen LogP contribution in [0.3, 0.4) is 0 Å². The molecule has 1 aromatic rings. The van der Waals surface area contributed by atoms with Crippen LogP contribution < -0.4 is 0 Å². The zero-order valence-electron chi connectivity index (χ0n) is 8.07. The molecule has 0 aliphatic heterocycles. The monoisotopic (exact) mass is 188 g/mol. The van der Waals surface area contributed by atoms with E-state index in [1.165, 1.54) is 18.2 Å². The van der Waals surface area contributed by atoms with Crippen LogP contribution >= 0.6 is 0 Å². The Kier molecular flexibility index (Phi) is 2.35. The van der Waals surface area contributed by atoms with Crippen molar-refractivity contribution in [2.24, 2.45) is 0 Å². The average Bonchev–Trinajstić information content (AvgIpc) is 2.62. The van der Waals surface area contributed by atoms with E-state index in [1.54, 1.807) is 0 Å². The highest BCUT2D eigenvalue weighted by atomic mass is 16.5. The van der Waals surface area contributed by atoms with Crippen molar-refractivity contribution < 1.29 is 9.53 Å². The fourth-order valence-electron chi connectivity index (χ4n) is 1.76. The molecule has 0 bridgehead atoms. The highest BCUT2D eigenvalue weighted by Gasteiger charge is 2.19. The fraction of sp³-hybridized carbons (Fsp3) is 0.250. The first kappa shape index (κ1) is 9.00. The summed E-state index contributed by atoms with van der Waals surface area (Å²) in [5.41, 5.74) is 2.43. The van der Waals surface area contributed by atoms with Crippen LogP contribution in [0.15, 0.2) is 30.3 Å². The minimum atomic E-state index is -0.156. The lowest BCUT2D eigenvalue weighted by Gasteiger charge is -2.08. The zero-order valence-corrected chi connectivity index (χ0v) is 8.07. The van der Waals surface area contributed by atoms with Crippen molar-refractivity contribution in [3.05, 3.63) is 41.5 Å². The third-order valence-electron chi connectivity index (χ3n) is 2.52. The third kappa shape index (κ3) is 1.55. The smallest absolute Gasteiger partial charge is 0.306 e. The molecule has 0 spiro atoms. The van der Waals surface area contributed by atoms with Crippen molar-refractivity contribution in [1.82, 2.24) is 0 Å². The molecule has 1 unspecified atom stereocenters. The normalized spacial score (nSPS) is 17.9. The molecule has 2 rings (SSSR count). The van der Waals surface area contributed by atoms with Crippen LogP contribution in [0.1, 0.15) is 23.5 Å². The molecule has 0 saturated carbocycles. The lowest BCUT2D eigenvalue weighted by Crippen LogP contribution is -2.05. The summed E-state index contributed by atoms with van der Waals surface area (Å²) in [6.45, 7) is 0. The van der Waals surface area contributed by atoms with Gasteiger partial charge in [-0.2, -0.15) is 0 Å². The number of methoxy groups -OCH3 is 1. The van der Waals surface area contributed by atoms with Gasteiger partial charge in [-0.05, 0) is 11.1 Å². The molecular formula is C12H12O2. The molecule has 0 aromatic heterocycles. The number of ether oxygens (including phenoxy) is 1. The van der Waals surface area contributed by atoms with Gasteiger partial charge in [0.2, 0.25) is 0 Å². The van der Waals surface area contributed by atoms with Crippen LogP contribution in [0.5, 0.6) is 0 Å². The molecule has 1 atom stereocenters. The number of rotatable bonds is 2. The summed E-state index contributed by atoms with van der Waals surface area (Å²) in [4.78, 5) is 11.1. The Balaban J connectivity index is 2.18. The number of hydrogen-bond donors (Lipinski definition) is 0. The third-order valence-corrected chi connectivity index (χ3v) is 2.52. The van der Waals surface area contributed by atoms with Crippen molar-refractivity contribution in [3.8, 4) is 0 Å². The second kappa shape index (κ2) is 3.66. The summed E-state index contributed by atoms with van der Waals surface area (Å²) < 4.78 is 4.65. The van der Waals surface area contributed by atoms with Crippen LogP contribution in [0.25, 0.3) is 6.08 Å². The molecule has 0 N–H and O–H groups in total. The number of esters is 1. The van der Waals surface area contributed by atoms with Gasteiger partial charge in [-0.1, -0.05) is 36.4 Å². The van der Waals surface area contributed by atoms with Gasteiger partial charge in [0.05, 0.1) is 13.5 Å². The first-order valence-electron chi connectivity index (χ1n) is 4.65. The average molecular weight is 188 g/mol. The molecule has 0 fully saturated rings. The number of carbonyl (C=O) groups is 1. The molecular weight excluding hydrogens is 176 g/mol. The quantitative estimate of drug-likeness (QED) is 0.666. The molecule has 0 saturated heterocycles. The first-order valence-corrected chi connectivity index (χ1v) is 4.65. The molecule has 72 valence electrons. The number of carbonyl (C=O) groups excluding carboxylic acids is 1. The van der Waals surface area contributed by atoms with E-state index >= 15 is 0 Å². The van der Waals surface area contributed by atoms with Crippen molar-refractivity contribution in [2.75, 3.05) is 7.11 Å². The predicted molar refractivity (Wildman–Crippen MR) is 54.9 cm³/mol. The molecule has 0 radical (unpaired) electrons. The molecule has 2 heteroatoms. The summed E-state index contributed by atoms with van der Waals surface area (Å²) >= 11 is 0. The maximum Gasteiger partial charge on any atom is 0.306 e. The van der Waals surface area contributed by atoms with Crippen molar-refractivity contribution in [3.63, 3.8) is 0 Å². The number of allylic oxidation sites excluding steroid dienone is 1. The molecule has 1 aliphatic carbocycles. The van der Waals surface area contributed by atoms with Crippen LogP contribution in [-0.2, 0) is 9.53 Å². The van der Waals surface area contributed by atoms with Gasteiger partial charge in [0.15, 0.2) is 0 Å². The minimum Gasteiger partial charge on any atom is -0.469 e. The highest BCUT2D eigenvalue weighted by molar-refractivity contribution is 5.73. The Labute approximate surface area is 83.2 Å². The zero-order chi connectivity index (χ0) is 9.97. The summed E-state index contributed by atoms with van der Waals surface area (Å²) in [5.74, 6) is 0.0370. The Hall–Kier alpha value is -1.57. The molecule has 2 nitrogen and oxygen atoms in total. The Morgan fingerprint density at radius 2 is 2.21 bits per heavy atom. The fourth-order valence-corrected chi connectivity index (χ4v) is 1.76. The van der Waals surface area contributed by atoms with Crippen LogP contribution in [0.4, 0.5) is 0 Å². The van der Waals surface area contributed by atoms with E-state index in [0.29, 0.717) is 6.42 Å². The number of fused-ring (bicyclic) bond motifs is 1. The maximum absolute atomic E-state index is 11.1. The number of hydrogen-bond acceptors (Lipinski definition) is 2. The van der Waals surface area contributed by atoms with E-state index in [1.807, 2.05) is 12.1 Å². The molecule has 14 heavy (non-hydrogen) atoms. The van der Waals surface area contributed by atoms with Gasteiger partial charge < -0.3 is 4.74 Å². The summed E-state index contributed by atoms with van der Waals surface area (Å²) in [6, 6.07) is 8.12. The van der Waals surface area contributed by atoms with E-state index < -0.39 is 0 Å². The molecule has 1 aromatic carbocycles. The Morgan fingerprint density at radius 1 is 1.43 bits per heavy atom. The van der Waals surface area contributed by atoms with E-state index in [9.17, 15) is 4.79 Å². The lowest BCUT2D eigenvalue weighted by atomic mass is 9.98. The maximum atomic E-state index is 11.1. The van der Waals surface area contributed by atoms with Crippen LogP contribution in [0, 0.1) is 0 Å². The highest BCUT2D eigenvalue weighted by Crippen LogP contribution is 2.32. The number of benzene rings is 1. The van der Waals surface area contributed by atoms with Gasteiger partial charge in [-0.25, -0.2) is 0 Å². The lowest BCUT2D eigenvalue weighted by molar-refractivity contribution is -0.140. The first-order chi connectivity index (χ1) is 6.81. The van der Waals surface area contributed by atoms with Crippen molar-refractivity contribution in [2.45, 2.75) is 12.3 Å². The Morgan fingerprint density at radius 3 is 3.00 bits per heavy atom. The van der Waals surface area contributed by atoms with E-state index in [-0.39, 0.29) is 11.9 Å².